The molecule has 0 aliphatic carbocycles. The van der Waals surface area contributed by atoms with Crippen molar-refractivity contribution in [2.24, 2.45) is 0 Å². The monoisotopic (exact) mass is 309 g/mol. The van der Waals surface area contributed by atoms with Crippen molar-refractivity contribution in [3.8, 4) is 0 Å². The Morgan fingerprint density at radius 3 is 2.65 bits per heavy atom. The number of hydrogen-bond acceptors (Lipinski definition) is 3. The molecule has 2 rings (SSSR count). The van der Waals surface area contributed by atoms with Crippen molar-refractivity contribution in [3.63, 3.8) is 0 Å². The van der Waals surface area contributed by atoms with Crippen LogP contribution in [0.4, 0.5) is 11.5 Å². The molecule has 0 aliphatic heterocycles. The molecule has 4 nitrogen and oxygen atoms in total. The van der Waals surface area contributed by atoms with Crippen LogP contribution < -0.4 is 10.6 Å². The lowest BCUT2D eigenvalue weighted by atomic mass is 10.2. The van der Waals surface area contributed by atoms with Crippen molar-refractivity contribution in [2.75, 3.05) is 17.2 Å². The number of pyridine rings is 1. The fraction of sp³-hybridized carbons (Fsp3) is 0.143. The second kappa shape index (κ2) is 6.59. The van der Waals surface area contributed by atoms with Gasteiger partial charge in [-0.25, -0.2) is 4.98 Å². The first-order valence-corrected chi connectivity index (χ1v) is 6.82. The van der Waals surface area contributed by atoms with Gasteiger partial charge in [0, 0.05) is 12.7 Å². The Bertz CT molecular complexity index is 632. The second-order valence-corrected chi connectivity index (χ2v) is 4.83. The molecule has 0 radical (unpaired) electrons. The van der Waals surface area contributed by atoms with Gasteiger partial charge in [-0.1, -0.05) is 35.3 Å². The summed E-state index contributed by atoms with van der Waals surface area (Å²) in [6, 6.07) is 8.58. The predicted molar refractivity (Wildman–Crippen MR) is 82.8 cm³/mol. The van der Waals surface area contributed by atoms with Gasteiger partial charge in [0.2, 0.25) is 0 Å². The zero-order valence-corrected chi connectivity index (χ0v) is 12.3. The zero-order valence-electron chi connectivity index (χ0n) is 10.8. The number of halogens is 2. The van der Waals surface area contributed by atoms with E-state index in [-0.39, 0.29) is 5.91 Å². The molecule has 0 saturated carbocycles. The number of carbonyl (C=O) groups excluding carboxylic acids is 1. The van der Waals surface area contributed by atoms with Gasteiger partial charge < -0.3 is 10.6 Å². The van der Waals surface area contributed by atoms with Crippen LogP contribution in [-0.4, -0.2) is 17.4 Å². The molecule has 0 unspecified atom stereocenters. The smallest absolute Gasteiger partial charge is 0.257 e. The molecule has 0 fully saturated rings. The van der Waals surface area contributed by atoms with Crippen LogP contribution in [-0.2, 0) is 0 Å². The SMILES string of the molecule is CCNc1ncc(C(=O)Nc2ccccc2Cl)cc1Cl. The number of amides is 1. The Labute approximate surface area is 127 Å². The third-order valence-corrected chi connectivity index (χ3v) is 3.19. The van der Waals surface area contributed by atoms with Gasteiger partial charge in [0.1, 0.15) is 5.82 Å². The summed E-state index contributed by atoms with van der Waals surface area (Å²) in [6.45, 7) is 2.65. The van der Waals surface area contributed by atoms with E-state index in [4.69, 9.17) is 23.2 Å². The number of nitrogens with zero attached hydrogens (tertiary/aromatic N) is 1. The minimum absolute atomic E-state index is 0.310. The number of nitrogens with one attached hydrogen (secondary N) is 2. The molecule has 0 spiro atoms. The minimum atomic E-state index is -0.310. The Morgan fingerprint density at radius 2 is 2.00 bits per heavy atom. The number of anilines is 2. The van der Waals surface area contributed by atoms with Crippen molar-refractivity contribution >= 4 is 40.6 Å². The van der Waals surface area contributed by atoms with Crippen LogP contribution in [0.3, 0.4) is 0 Å². The van der Waals surface area contributed by atoms with E-state index in [0.29, 0.717) is 33.7 Å². The van der Waals surface area contributed by atoms with E-state index < -0.39 is 0 Å². The van der Waals surface area contributed by atoms with E-state index >= 15 is 0 Å². The van der Waals surface area contributed by atoms with Gasteiger partial charge in [-0.2, -0.15) is 0 Å². The first kappa shape index (κ1) is 14.6. The molecule has 1 aromatic carbocycles. The highest BCUT2D eigenvalue weighted by Gasteiger charge is 2.11. The molecular weight excluding hydrogens is 297 g/mol. The lowest BCUT2D eigenvalue weighted by Gasteiger charge is -2.09. The van der Waals surface area contributed by atoms with E-state index in [1.807, 2.05) is 6.92 Å². The first-order valence-electron chi connectivity index (χ1n) is 6.07. The van der Waals surface area contributed by atoms with Crippen LogP contribution >= 0.6 is 23.2 Å². The van der Waals surface area contributed by atoms with Crippen molar-refractivity contribution in [1.82, 2.24) is 4.98 Å². The summed E-state index contributed by atoms with van der Waals surface area (Å²) >= 11 is 12.0. The van der Waals surface area contributed by atoms with Gasteiger partial charge >= 0.3 is 0 Å². The van der Waals surface area contributed by atoms with Gasteiger partial charge in [0.15, 0.2) is 0 Å². The van der Waals surface area contributed by atoms with Crippen molar-refractivity contribution in [3.05, 3.63) is 52.1 Å². The Hall–Kier alpha value is -1.78. The zero-order chi connectivity index (χ0) is 14.5. The molecule has 0 aliphatic rings. The van der Waals surface area contributed by atoms with E-state index in [9.17, 15) is 4.79 Å². The highest BCUT2D eigenvalue weighted by atomic mass is 35.5. The van der Waals surface area contributed by atoms with Gasteiger partial charge in [-0.05, 0) is 25.1 Å². The molecule has 0 saturated heterocycles. The van der Waals surface area contributed by atoms with Crippen molar-refractivity contribution in [2.45, 2.75) is 6.92 Å². The number of rotatable bonds is 4. The molecule has 6 heteroatoms. The maximum atomic E-state index is 12.1. The topological polar surface area (TPSA) is 54.0 Å². The maximum Gasteiger partial charge on any atom is 0.257 e. The maximum absolute atomic E-state index is 12.1. The molecular formula is C14H13Cl2N3O. The number of carbonyl (C=O) groups is 1. The third-order valence-electron chi connectivity index (χ3n) is 2.57. The van der Waals surface area contributed by atoms with Crippen LogP contribution in [0.5, 0.6) is 0 Å². The van der Waals surface area contributed by atoms with Gasteiger partial charge in [-0.15, -0.1) is 0 Å². The predicted octanol–water partition coefficient (Wildman–Crippen LogP) is 4.07. The largest absolute Gasteiger partial charge is 0.369 e. The van der Waals surface area contributed by atoms with Crippen LogP contribution in [0, 0.1) is 0 Å². The molecule has 1 aromatic heterocycles. The number of aromatic nitrogens is 1. The number of para-hydroxylation sites is 1. The first-order chi connectivity index (χ1) is 9.61. The molecule has 1 heterocycles. The summed E-state index contributed by atoms with van der Waals surface area (Å²) in [6.07, 6.45) is 1.47. The summed E-state index contributed by atoms with van der Waals surface area (Å²) in [5, 5.41) is 6.60. The normalized spacial score (nSPS) is 10.2. The molecule has 0 atom stereocenters. The molecule has 1 amide bonds. The molecule has 2 aromatic rings. The fourth-order valence-electron chi connectivity index (χ4n) is 1.62. The highest BCUT2D eigenvalue weighted by molar-refractivity contribution is 6.34. The average molecular weight is 310 g/mol. The number of benzene rings is 1. The standard InChI is InChI=1S/C14H13Cl2N3O/c1-2-17-13-11(16)7-9(8-18-13)14(20)19-12-6-4-3-5-10(12)15/h3-8H,2H2,1H3,(H,17,18)(H,19,20). The molecule has 2 N–H and O–H groups in total. The fourth-order valence-corrected chi connectivity index (χ4v) is 2.03. The Kier molecular flexibility index (Phi) is 4.82. The van der Waals surface area contributed by atoms with E-state index in [2.05, 4.69) is 15.6 Å². The van der Waals surface area contributed by atoms with Gasteiger partial charge in [0.05, 0.1) is 21.3 Å². The summed E-state index contributed by atoms with van der Waals surface area (Å²) in [5.41, 5.74) is 0.919. The van der Waals surface area contributed by atoms with Gasteiger partial charge in [-0.3, -0.25) is 4.79 Å². The van der Waals surface area contributed by atoms with Crippen LogP contribution in [0.2, 0.25) is 10.0 Å². The summed E-state index contributed by atoms with van der Waals surface area (Å²) in [7, 11) is 0. The van der Waals surface area contributed by atoms with Crippen LogP contribution in [0.15, 0.2) is 36.5 Å². The van der Waals surface area contributed by atoms with E-state index in [0.717, 1.165) is 0 Å². The Balaban J connectivity index is 2.18. The van der Waals surface area contributed by atoms with Crippen LogP contribution in [0.1, 0.15) is 17.3 Å². The van der Waals surface area contributed by atoms with E-state index in [1.165, 1.54) is 6.20 Å². The van der Waals surface area contributed by atoms with Crippen molar-refractivity contribution in [1.29, 1.82) is 0 Å². The van der Waals surface area contributed by atoms with Crippen LogP contribution in [0.25, 0.3) is 0 Å². The van der Waals surface area contributed by atoms with Gasteiger partial charge in [0.25, 0.3) is 5.91 Å². The Morgan fingerprint density at radius 1 is 1.25 bits per heavy atom. The summed E-state index contributed by atoms with van der Waals surface area (Å²) in [4.78, 5) is 16.2. The lowest BCUT2D eigenvalue weighted by Crippen LogP contribution is -2.13. The highest BCUT2D eigenvalue weighted by Crippen LogP contribution is 2.23. The van der Waals surface area contributed by atoms with E-state index in [1.54, 1.807) is 30.3 Å². The molecule has 104 valence electrons. The molecule has 0 bridgehead atoms. The molecule has 20 heavy (non-hydrogen) atoms. The second-order valence-electron chi connectivity index (χ2n) is 4.02. The quantitative estimate of drug-likeness (QED) is 0.895. The minimum Gasteiger partial charge on any atom is -0.369 e. The average Bonchev–Trinajstić information content (AvgIpc) is 2.43. The lowest BCUT2D eigenvalue weighted by molar-refractivity contribution is 0.102. The summed E-state index contributed by atoms with van der Waals surface area (Å²) in [5.74, 6) is 0.249. The van der Waals surface area contributed by atoms with Crippen molar-refractivity contribution < 1.29 is 4.79 Å². The third kappa shape index (κ3) is 3.40. The number of hydrogen-bond donors (Lipinski definition) is 2. The summed E-state index contributed by atoms with van der Waals surface area (Å²) < 4.78 is 0.